The van der Waals surface area contributed by atoms with Gasteiger partial charge in [0.05, 0.1) is 12.1 Å². The first-order valence-electron chi connectivity index (χ1n) is 6.97. The summed E-state index contributed by atoms with van der Waals surface area (Å²) in [6, 6.07) is 1.91. The molecule has 108 valence electrons. The maximum absolute atomic E-state index is 11.9. The number of aromatic nitrogens is 2. The van der Waals surface area contributed by atoms with Crippen molar-refractivity contribution < 1.29 is 0 Å². The molecule has 6 heteroatoms. The summed E-state index contributed by atoms with van der Waals surface area (Å²) in [4.78, 5) is 21.7. The zero-order chi connectivity index (χ0) is 14.2. The lowest BCUT2D eigenvalue weighted by Crippen LogP contribution is -2.49. The molecule has 2 aromatic rings. The molecule has 5 nitrogen and oxygen atoms in total. The van der Waals surface area contributed by atoms with Crippen LogP contribution in [0, 0.1) is 0 Å². The first kappa shape index (κ1) is 13.7. The van der Waals surface area contributed by atoms with Crippen LogP contribution in [0.25, 0.3) is 10.2 Å². The molecule has 0 saturated carbocycles. The smallest absolute Gasteiger partial charge is 0.268 e. The minimum Gasteiger partial charge on any atom is -0.314 e. The van der Waals surface area contributed by atoms with E-state index in [1.165, 1.54) is 11.3 Å². The van der Waals surface area contributed by atoms with Gasteiger partial charge in [0, 0.05) is 18.6 Å². The minimum absolute atomic E-state index is 0.0166. The Balaban J connectivity index is 1.73. The maximum Gasteiger partial charge on any atom is 0.268 e. The zero-order valence-corrected chi connectivity index (χ0v) is 12.7. The van der Waals surface area contributed by atoms with Crippen LogP contribution in [0.15, 0.2) is 16.2 Å². The Labute approximate surface area is 122 Å². The molecule has 1 saturated heterocycles. The van der Waals surface area contributed by atoms with Gasteiger partial charge in [-0.05, 0) is 38.3 Å². The van der Waals surface area contributed by atoms with Gasteiger partial charge in [-0.25, -0.2) is 4.98 Å². The molecule has 2 aromatic heterocycles. The van der Waals surface area contributed by atoms with Gasteiger partial charge in [0.1, 0.15) is 10.5 Å². The van der Waals surface area contributed by atoms with Crippen LogP contribution in [0.5, 0.6) is 0 Å². The van der Waals surface area contributed by atoms with Crippen LogP contribution in [0.2, 0.25) is 0 Å². The molecule has 0 spiro atoms. The fraction of sp³-hybridized carbons (Fsp3) is 0.571. The molecule has 0 amide bonds. The maximum atomic E-state index is 11.9. The average Bonchev–Trinajstić information content (AvgIpc) is 2.91. The van der Waals surface area contributed by atoms with Gasteiger partial charge >= 0.3 is 0 Å². The molecule has 1 fully saturated rings. The second kappa shape index (κ2) is 5.27. The Morgan fingerprint density at radius 1 is 1.50 bits per heavy atom. The van der Waals surface area contributed by atoms with Crippen LogP contribution in [0.3, 0.4) is 0 Å². The minimum atomic E-state index is -0.0166. The van der Waals surface area contributed by atoms with Crippen molar-refractivity contribution in [2.75, 3.05) is 20.1 Å². The lowest BCUT2D eigenvalue weighted by Gasteiger charge is -2.39. The molecule has 3 heterocycles. The van der Waals surface area contributed by atoms with Gasteiger partial charge in [0.2, 0.25) is 0 Å². The third-order valence-electron chi connectivity index (χ3n) is 4.30. The summed E-state index contributed by atoms with van der Waals surface area (Å²) >= 11 is 1.44. The molecule has 3 rings (SSSR count). The number of rotatable bonds is 3. The van der Waals surface area contributed by atoms with E-state index in [0.717, 1.165) is 48.5 Å². The third kappa shape index (κ3) is 2.63. The second-order valence-corrected chi connectivity index (χ2v) is 6.65. The van der Waals surface area contributed by atoms with Crippen molar-refractivity contribution in [3.63, 3.8) is 0 Å². The molecule has 0 unspecified atom stereocenters. The largest absolute Gasteiger partial charge is 0.314 e. The SMILES string of the molecule is CNC1(C)CCN(Cc2nc3ccsc3c(=O)[nH]2)CC1. The highest BCUT2D eigenvalue weighted by Gasteiger charge is 2.28. The number of hydrogen-bond acceptors (Lipinski definition) is 5. The first-order valence-corrected chi connectivity index (χ1v) is 7.85. The number of hydrogen-bond donors (Lipinski definition) is 2. The number of H-pyrrole nitrogens is 1. The molecule has 0 aliphatic carbocycles. The van der Waals surface area contributed by atoms with E-state index in [1.807, 2.05) is 18.5 Å². The number of aromatic amines is 1. The summed E-state index contributed by atoms with van der Waals surface area (Å²) in [5.74, 6) is 0.772. The Hall–Kier alpha value is -1.24. The van der Waals surface area contributed by atoms with Gasteiger partial charge in [-0.3, -0.25) is 9.69 Å². The van der Waals surface area contributed by atoms with Crippen molar-refractivity contribution >= 4 is 21.6 Å². The van der Waals surface area contributed by atoms with Crippen molar-refractivity contribution in [3.8, 4) is 0 Å². The molecule has 0 bridgehead atoms. The molecule has 1 aliphatic rings. The lowest BCUT2D eigenvalue weighted by molar-refractivity contribution is 0.143. The van der Waals surface area contributed by atoms with E-state index < -0.39 is 0 Å². The molecule has 2 N–H and O–H groups in total. The predicted octanol–water partition coefficient (Wildman–Crippen LogP) is 1.56. The van der Waals surface area contributed by atoms with E-state index in [2.05, 4.69) is 27.1 Å². The first-order chi connectivity index (χ1) is 9.59. The molecular formula is C14H20N4OS. The molecular weight excluding hydrogens is 272 g/mol. The van der Waals surface area contributed by atoms with Crippen LogP contribution in [-0.4, -0.2) is 40.5 Å². The molecule has 20 heavy (non-hydrogen) atoms. The van der Waals surface area contributed by atoms with Gasteiger partial charge in [-0.1, -0.05) is 0 Å². The topological polar surface area (TPSA) is 61.0 Å². The number of likely N-dealkylation sites (tertiary alicyclic amines) is 1. The number of fused-ring (bicyclic) bond motifs is 1. The Morgan fingerprint density at radius 3 is 2.95 bits per heavy atom. The summed E-state index contributed by atoms with van der Waals surface area (Å²) in [6.07, 6.45) is 2.24. The van der Waals surface area contributed by atoms with Gasteiger partial charge in [-0.2, -0.15) is 0 Å². The van der Waals surface area contributed by atoms with E-state index >= 15 is 0 Å². The lowest BCUT2D eigenvalue weighted by atomic mass is 9.90. The molecule has 0 atom stereocenters. The van der Waals surface area contributed by atoms with E-state index in [1.54, 1.807) is 0 Å². The van der Waals surface area contributed by atoms with Gasteiger partial charge in [0.15, 0.2) is 0 Å². The van der Waals surface area contributed by atoms with Crippen molar-refractivity contribution in [1.29, 1.82) is 0 Å². The standard InChI is InChI=1S/C14H20N4OS/c1-14(15-2)4-6-18(7-5-14)9-11-16-10-3-8-20-12(10)13(19)17-11/h3,8,15H,4-7,9H2,1-2H3,(H,16,17,19). The van der Waals surface area contributed by atoms with Gasteiger partial charge < -0.3 is 10.3 Å². The Kier molecular flexibility index (Phi) is 3.62. The van der Waals surface area contributed by atoms with Crippen molar-refractivity contribution in [2.45, 2.75) is 31.8 Å². The van der Waals surface area contributed by atoms with Crippen LogP contribution in [-0.2, 0) is 6.54 Å². The molecule has 0 radical (unpaired) electrons. The number of piperidine rings is 1. The van der Waals surface area contributed by atoms with E-state index in [-0.39, 0.29) is 11.1 Å². The highest BCUT2D eigenvalue weighted by atomic mass is 32.1. The summed E-state index contributed by atoms with van der Waals surface area (Å²) in [5, 5.41) is 5.31. The predicted molar refractivity (Wildman–Crippen MR) is 82.2 cm³/mol. The number of thiophene rings is 1. The van der Waals surface area contributed by atoms with Crippen LogP contribution < -0.4 is 10.9 Å². The number of nitrogens with one attached hydrogen (secondary N) is 2. The monoisotopic (exact) mass is 292 g/mol. The van der Waals surface area contributed by atoms with E-state index in [4.69, 9.17) is 0 Å². The van der Waals surface area contributed by atoms with Gasteiger partial charge in [-0.15, -0.1) is 11.3 Å². The Morgan fingerprint density at radius 2 is 2.25 bits per heavy atom. The van der Waals surface area contributed by atoms with E-state index in [0.29, 0.717) is 0 Å². The summed E-state index contributed by atoms with van der Waals surface area (Å²) in [7, 11) is 2.03. The van der Waals surface area contributed by atoms with E-state index in [9.17, 15) is 4.79 Å². The fourth-order valence-corrected chi connectivity index (χ4v) is 3.39. The van der Waals surface area contributed by atoms with Crippen LogP contribution in [0.1, 0.15) is 25.6 Å². The van der Waals surface area contributed by atoms with Crippen molar-refractivity contribution in [1.82, 2.24) is 20.2 Å². The van der Waals surface area contributed by atoms with Crippen LogP contribution >= 0.6 is 11.3 Å². The summed E-state index contributed by atoms with van der Waals surface area (Å²) in [5.41, 5.74) is 1.04. The van der Waals surface area contributed by atoms with Gasteiger partial charge in [0.25, 0.3) is 5.56 Å². The normalized spacial score (nSPS) is 19.5. The summed E-state index contributed by atoms with van der Waals surface area (Å²) < 4.78 is 0.718. The molecule has 1 aliphatic heterocycles. The quantitative estimate of drug-likeness (QED) is 0.901. The number of nitrogens with zero attached hydrogens (tertiary/aromatic N) is 2. The summed E-state index contributed by atoms with van der Waals surface area (Å²) in [6.45, 7) is 5.05. The molecule has 0 aromatic carbocycles. The van der Waals surface area contributed by atoms with Crippen LogP contribution in [0.4, 0.5) is 0 Å². The second-order valence-electron chi connectivity index (χ2n) is 5.73. The fourth-order valence-electron chi connectivity index (χ4n) is 2.66. The third-order valence-corrected chi connectivity index (χ3v) is 5.20. The van der Waals surface area contributed by atoms with Crippen molar-refractivity contribution in [3.05, 3.63) is 27.6 Å². The zero-order valence-electron chi connectivity index (χ0n) is 11.9. The average molecular weight is 292 g/mol. The Bertz CT molecular complexity index is 654. The van der Waals surface area contributed by atoms with Crippen molar-refractivity contribution in [2.24, 2.45) is 0 Å². The highest BCUT2D eigenvalue weighted by molar-refractivity contribution is 7.17. The highest BCUT2D eigenvalue weighted by Crippen LogP contribution is 2.22.